The molecule has 1 amide bonds. The van der Waals surface area contributed by atoms with E-state index in [2.05, 4.69) is 32.0 Å². The number of aryl methyl sites for hydroxylation is 1. The van der Waals surface area contributed by atoms with Crippen molar-refractivity contribution in [3.63, 3.8) is 0 Å². The van der Waals surface area contributed by atoms with Gasteiger partial charge < -0.3 is 24.5 Å². The summed E-state index contributed by atoms with van der Waals surface area (Å²) < 4.78 is 16.4. The number of nitrogens with one attached hydrogen (secondary N) is 2. The van der Waals surface area contributed by atoms with Gasteiger partial charge in [-0.25, -0.2) is 0 Å². The second-order valence-corrected chi connectivity index (χ2v) is 7.90. The van der Waals surface area contributed by atoms with Crippen LogP contribution in [0.2, 0.25) is 0 Å². The molecule has 10 nitrogen and oxygen atoms in total. The molecule has 2 aromatic rings. The lowest BCUT2D eigenvalue weighted by molar-refractivity contribution is -0.121. The summed E-state index contributed by atoms with van der Waals surface area (Å²) in [5, 5.41) is 11.1. The van der Waals surface area contributed by atoms with E-state index >= 15 is 0 Å². The summed E-state index contributed by atoms with van der Waals surface area (Å²) in [6, 6.07) is 5.26. The van der Waals surface area contributed by atoms with Crippen molar-refractivity contribution in [1.82, 2.24) is 25.4 Å². The van der Waals surface area contributed by atoms with Gasteiger partial charge in [0.15, 0.2) is 17.3 Å². The van der Waals surface area contributed by atoms with Crippen LogP contribution in [0.25, 0.3) is 11.4 Å². The van der Waals surface area contributed by atoms with Crippen LogP contribution in [0.1, 0.15) is 25.0 Å². The Balaban J connectivity index is 1.49. The standard InChI is InChI=1S/C24H33N5O5/c1-3-4-14-34-20-8-6-18(17-21(20)32-2)23-26-24(31)19(27-28-23)7-9-22(30)25-10-5-11-29-12-15-33-16-13-29/h3,6,8,17H,1,4-5,7,9-16H2,2H3,(H,25,30)(H,26,28,31). The lowest BCUT2D eigenvalue weighted by Gasteiger charge is -2.26. The van der Waals surface area contributed by atoms with Crippen LogP contribution in [-0.2, 0) is 16.0 Å². The molecule has 0 saturated carbocycles. The Morgan fingerprint density at radius 2 is 2.12 bits per heavy atom. The van der Waals surface area contributed by atoms with Gasteiger partial charge in [0.2, 0.25) is 5.91 Å². The van der Waals surface area contributed by atoms with E-state index in [0.717, 1.165) is 45.7 Å². The SMILES string of the molecule is C=CCCOc1ccc(-c2nnc(CCC(=O)NCCCN3CCOCC3)c(=O)[nH]2)cc1OC. The predicted octanol–water partition coefficient (Wildman–Crippen LogP) is 1.57. The summed E-state index contributed by atoms with van der Waals surface area (Å²) >= 11 is 0. The van der Waals surface area contributed by atoms with Crippen LogP contribution in [-0.4, -0.2) is 79.1 Å². The number of amides is 1. The molecule has 1 fully saturated rings. The van der Waals surface area contributed by atoms with E-state index in [1.165, 1.54) is 0 Å². The number of methoxy groups -OCH3 is 1. The number of nitrogens with zero attached hydrogens (tertiary/aromatic N) is 3. The van der Waals surface area contributed by atoms with Gasteiger partial charge in [0.05, 0.1) is 26.9 Å². The Morgan fingerprint density at radius 1 is 1.29 bits per heavy atom. The number of morpholine rings is 1. The number of H-pyrrole nitrogens is 1. The lowest BCUT2D eigenvalue weighted by atomic mass is 10.2. The van der Waals surface area contributed by atoms with E-state index in [1.807, 2.05) is 0 Å². The van der Waals surface area contributed by atoms with E-state index in [9.17, 15) is 9.59 Å². The highest BCUT2D eigenvalue weighted by Crippen LogP contribution is 2.31. The zero-order chi connectivity index (χ0) is 24.2. The van der Waals surface area contributed by atoms with Crippen LogP contribution in [0.4, 0.5) is 0 Å². The minimum atomic E-state index is -0.365. The van der Waals surface area contributed by atoms with E-state index < -0.39 is 0 Å². The number of aromatic nitrogens is 3. The molecule has 0 radical (unpaired) electrons. The highest BCUT2D eigenvalue weighted by molar-refractivity contribution is 5.76. The fraction of sp³-hybridized carbons (Fsp3) is 0.500. The number of carbonyl (C=O) groups excluding carboxylic acids is 1. The normalized spacial score (nSPS) is 13.9. The van der Waals surface area contributed by atoms with E-state index in [-0.39, 0.29) is 30.0 Å². The molecule has 0 aliphatic carbocycles. The summed E-state index contributed by atoms with van der Waals surface area (Å²) in [5.74, 6) is 1.33. The molecule has 10 heteroatoms. The van der Waals surface area contributed by atoms with Gasteiger partial charge in [-0.2, -0.15) is 0 Å². The lowest BCUT2D eigenvalue weighted by Crippen LogP contribution is -2.38. The summed E-state index contributed by atoms with van der Waals surface area (Å²) in [6.45, 7) is 9.11. The van der Waals surface area contributed by atoms with Crippen LogP contribution < -0.4 is 20.3 Å². The van der Waals surface area contributed by atoms with E-state index in [1.54, 1.807) is 31.4 Å². The number of carbonyl (C=O) groups is 1. The zero-order valence-electron chi connectivity index (χ0n) is 19.7. The predicted molar refractivity (Wildman–Crippen MR) is 128 cm³/mol. The van der Waals surface area contributed by atoms with Gasteiger partial charge in [-0.15, -0.1) is 16.8 Å². The van der Waals surface area contributed by atoms with Gasteiger partial charge in [-0.1, -0.05) is 6.08 Å². The van der Waals surface area contributed by atoms with Crippen molar-refractivity contribution in [2.75, 3.05) is 53.1 Å². The average Bonchev–Trinajstić information content (AvgIpc) is 2.86. The average molecular weight is 472 g/mol. The Morgan fingerprint density at radius 3 is 2.85 bits per heavy atom. The highest BCUT2D eigenvalue weighted by Gasteiger charge is 2.13. The van der Waals surface area contributed by atoms with E-state index in [0.29, 0.717) is 36.0 Å². The Bertz CT molecular complexity index is 1000. The third kappa shape index (κ3) is 7.67. The minimum Gasteiger partial charge on any atom is -0.493 e. The summed E-state index contributed by atoms with van der Waals surface area (Å²) in [5.41, 5.74) is 0.501. The first-order valence-corrected chi connectivity index (χ1v) is 11.6. The number of hydrogen-bond donors (Lipinski definition) is 2. The largest absolute Gasteiger partial charge is 0.493 e. The Labute approximate surface area is 199 Å². The molecule has 0 unspecified atom stereocenters. The number of hydrogen-bond acceptors (Lipinski definition) is 8. The zero-order valence-corrected chi connectivity index (χ0v) is 19.7. The first-order chi connectivity index (χ1) is 16.6. The first-order valence-electron chi connectivity index (χ1n) is 11.6. The fourth-order valence-corrected chi connectivity index (χ4v) is 3.52. The fourth-order valence-electron chi connectivity index (χ4n) is 3.52. The maximum Gasteiger partial charge on any atom is 0.273 e. The Hall–Kier alpha value is -3.24. The number of aromatic amines is 1. The first kappa shape index (κ1) is 25.4. The molecule has 1 aliphatic heterocycles. The molecular weight excluding hydrogens is 438 g/mol. The third-order valence-corrected chi connectivity index (χ3v) is 5.45. The van der Waals surface area contributed by atoms with Gasteiger partial charge >= 0.3 is 0 Å². The summed E-state index contributed by atoms with van der Waals surface area (Å²) in [4.78, 5) is 29.7. The molecule has 0 bridgehead atoms. The van der Waals surface area contributed by atoms with Crippen LogP contribution >= 0.6 is 0 Å². The van der Waals surface area contributed by atoms with Crippen LogP contribution in [0, 0.1) is 0 Å². The number of rotatable bonds is 13. The molecular formula is C24H33N5O5. The van der Waals surface area contributed by atoms with Crippen molar-refractivity contribution in [3.8, 4) is 22.9 Å². The maximum atomic E-state index is 12.5. The highest BCUT2D eigenvalue weighted by atomic mass is 16.5. The van der Waals surface area contributed by atoms with Crippen molar-refractivity contribution in [3.05, 3.63) is 46.9 Å². The van der Waals surface area contributed by atoms with Crippen molar-refractivity contribution in [2.45, 2.75) is 25.7 Å². The molecule has 3 rings (SSSR count). The molecule has 1 aromatic carbocycles. The summed E-state index contributed by atoms with van der Waals surface area (Å²) in [7, 11) is 1.55. The topological polar surface area (TPSA) is 119 Å². The van der Waals surface area contributed by atoms with Crippen molar-refractivity contribution in [2.24, 2.45) is 0 Å². The Kier molecular flexibility index (Phi) is 10.1. The van der Waals surface area contributed by atoms with Crippen molar-refractivity contribution in [1.29, 1.82) is 0 Å². The molecule has 1 saturated heterocycles. The molecule has 0 atom stereocenters. The second kappa shape index (κ2) is 13.5. The quantitative estimate of drug-likeness (QED) is 0.334. The minimum absolute atomic E-state index is 0.107. The van der Waals surface area contributed by atoms with Crippen LogP contribution in [0.5, 0.6) is 11.5 Å². The maximum absolute atomic E-state index is 12.5. The molecule has 184 valence electrons. The molecule has 2 N–H and O–H groups in total. The van der Waals surface area contributed by atoms with Gasteiger partial charge in [0.25, 0.3) is 5.56 Å². The van der Waals surface area contributed by atoms with Crippen LogP contribution in [0.15, 0.2) is 35.6 Å². The summed E-state index contributed by atoms with van der Waals surface area (Å²) in [6.07, 6.45) is 3.77. The van der Waals surface area contributed by atoms with Gasteiger partial charge in [0.1, 0.15) is 5.69 Å². The molecule has 1 aromatic heterocycles. The van der Waals surface area contributed by atoms with Crippen molar-refractivity contribution >= 4 is 5.91 Å². The monoisotopic (exact) mass is 471 g/mol. The molecule has 2 heterocycles. The molecule has 34 heavy (non-hydrogen) atoms. The van der Waals surface area contributed by atoms with Crippen molar-refractivity contribution < 1.29 is 19.0 Å². The van der Waals surface area contributed by atoms with Gasteiger partial charge in [-0.05, 0) is 37.6 Å². The van der Waals surface area contributed by atoms with Crippen LogP contribution in [0.3, 0.4) is 0 Å². The molecule has 0 spiro atoms. The smallest absolute Gasteiger partial charge is 0.273 e. The molecule has 1 aliphatic rings. The van der Waals surface area contributed by atoms with E-state index in [4.69, 9.17) is 14.2 Å². The number of benzene rings is 1. The third-order valence-electron chi connectivity index (χ3n) is 5.45. The van der Waals surface area contributed by atoms with Gasteiger partial charge in [-0.3, -0.25) is 14.5 Å². The second-order valence-electron chi connectivity index (χ2n) is 7.90. The number of ether oxygens (including phenoxy) is 3. The van der Waals surface area contributed by atoms with Gasteiger partial charge in [0, 0.05) is 38.0 Å².